The summed E-state index contributed by atoms with van der Waals surface area (Å²) >= 11 is 0. The Labute approximate surface area is 91.9 Å². The topological polar surface area (TPSA) is 56.7 Å². The van der Waals surface area contributed by atoms with Gasteiger partial charge >= 0.3 is 0 Å². The molecule has 0 fully saturated rings. The van der Waals surface area contributed by atoms with Crippen LogP contribution in [-0.4, -0.2) is 20.8 Å². The van der Waals surface area contributed by atoms with E-state index in [1.54, 1.807) is 6.33 Å². The zero-order valence-electron chi connectivity index (χ0n) is 10.4. The second-order valence-electron chi connectivity index (χ2n) is 5.39. The molecule has 4 heteroatoms. The largest absolute Gasteiger partial charge is 0.327 e. The highest BCUT2D eigenvalue weighted by Crippen LogP contribution is 2.20. The Hall–Kier alpha value is -0.900. The predicted octanol–water partition coefficient (Wildman–Crippen LogP) is 1.77. The summed E-state index contributed by atoms with van der Waals surface area (Å²) in [5, 5.41) is 4.20. The van der Waals surface area contributed by atoms with Gasteiger partial charge in [0.25, 0.3) is 0 Å². The fourth-order valence-electron chi connectivity index (χ4n) is 1.35. The number of rotatable bonds is 3. The van der Waals surface area contributed by atoms with Crippen LogP contribution in [0.15, 0.2) is 6.33 Å². The van der Waals surface area contributed by atoms with Gasteiger partial charge in [0.1, 0.15) is 12.2 Å². The van der Waals surface area contributed by atoms with Gasteiger partial charge in [-0.1, -0.05) is 20.8 Å². The number of aromatic nitrogens is 3. The molecular formula is C11H22N4. The minimum atomic E-state index is 0.105. The average Bonchev–Trinajstić information content (AvgIpc) is 2.50. The molecular weight excluding hydrogens is 188 g/mol. The summed E-state index contributed by atoms with van der Waals surface area (Å²) in [5.74, 6) is 0.979. The second kappa shape index (κ2) is 4.31. The minimum absolute atomic E-state index is 0.105. The minimum Gasteiger partial charge on any atom is -0.327 e. The van der Waals surface area contributed by atoms with Gasteiger partial charge in [0.15, 0.2) is 0 Å². The number of nitrogens with zero attached hydrogens (tertiary/aromatic N) is 3. The van der Waals surface area contributed by atoms with Crippen molar-refractivity contribution >= 4 is 0 Å². The quantitative estimate of drug-likeness (QED) is 0.827. The Morgan fingerprint density at radius 1 is 1.40 bits per heavy atom. The van der Waals surface area contributed by atoms with Crippen molar-refractivity contribution in [3.63, 3.8) is 0 Å². The van der Waals surface area contributed by atoms with E-state index in [1.807, 2.05) is 4.68 Å². The normalized spacial score (nSPS) is 14.6. The molecule has 4 nitrogen and oxygen atoms in total. The SMILES string of the molecule is CC(C)n1ncnc1CC(N)C(C)(C)C. The molecule has 0 bridgehead atoms. The van der Waals surface area contributed by atoms with E-state index in [9.17, 15) is 0 Å². The van der Waals surface area contributed by atoms with E-state index in [0.29, 0.717) is 6.04 Å². The number of hydrogen-bond donors (Lipinski definition) is 1. The highest BCUT2D eigenvalue weighted by molar-refractivity contribution is 4.93. The molecule has 1 unspecified atom stereocenters. The van der Waals surface area contributed by atoms with Crippen molar-refractivity contribution in [2.75, 3.05) is 0 Å². The molecule has 1 atom stereocenters. The molecule has 15 heavy (non-hydrogen) atoms. The van der Waals surface area contributed by atoms with Gasteiger partial charge in [0.2, 0.25) is 0 Å². The molecule has 1 heterocycles. The van der Waals surface area contributed by atoms with Crippen LogP contribution in [0.3, 0.4) is 0 Å². The van der Waals surface area contributed by atoms with Crippen molar-refractivity contribution in [3.8, 4) is 0 Å². The second-order valence-corrected chi connectivity index (χ2v) is 5.39. The summed E-state index contributed by atoms with van der Waals surface area (Å²) in [5.41, 5.74) is 6.23. The van der Waals surface area contributed by atoms with E-state index in [1.165, 1.54) is 0 Å². The van der Waals surface area contributed by atoms with Crippen LogP contribution in [0.1, 0.15) is 46.5 Å². The standard InChI is InChI=1S/C11H22N4/c1-8(2)15-10(13-7-14-15)6-9(12)11(3,4)5/h7-9H,6,12H2,1-5H3. The van der Waals surface area contributed by atoms with Crippen LogP contribution < -0.4 is 5.73 Å². The fraction of sp³-hybridized carbons (Fsp3) is 0.818. The third-order valence-electron chi connectivity index (χ3n) is 2.65. The molecule has 1 aromatic rings. The van der Waals surface area contributed by atoms with Gasteiger partial charge in [-0.25, -0.2) is 9.67 Å². The van der Waals surface area contributed by atoms with Crippen molar-refractivity contribution in [2.24, 2.45) is 11.1 Å². The van der Waals surface area contributed by atoms with E-state index in [2.05, 4.69) is 44.7 Å². The van der Waals surface area contributed by atoms with Gasteiger partial charge in [-0.2, -0.15) is 5.10 Å². The first-order chi connectivity index (χ1) is 6.82. The Kier molecular flexibility index (Phi) is 3.50. The molecule has 0 aromatic carbocycles. The molecule has 1 aromatic heterocycles. The maximum atomic E-state index is 6.13. The average molecular weight is 210 g/mol. The lowest BCUT2D eigenvalue weighted by Gasteiger charge is -2.26. The van der Waals surface area contributed by atoms with Gasteiger partial charge in [0, 0.05) is 18.5 Å². The summed E-state index contributed by atoms with van der Waals surface area (Å²) < 4.78 is 1.94. The Balaban J connectivity index is 2.77. The van der Waals surface area contributed by atoms with Crippen LogP contribution in [0.5, 0.6) is 0 Å². The van der Waals surface area contributed by atoms with Gasteiger partial charge < -0.3 is 5.73 Å². The van der Waals surface area contributed by atoms with Crippen molar-refractivity contribution in [1.29, 1.82) is 0 Å². The van der Waals surface area contributed by atoms with Crippen molar-refractivity contribution < 1.29 is 0 Å². The molecule has 1 rings (SSSR count). The first-order valence-corrected chi connectivity index (χ1v) is 5.46. The van der Waals surface area contributed by atoms with E-state index in [4.69, 9.17) is 5.73 Å². The first kappa shape index (κ1) is 12.2. The molecule has 0 saturated carbocycles. The van der Waals surface area contributed by atoms with Crippen LogP contribution in [0, 0.1) is 5.41 Å². The monoisotopic (exact) mass is 210 g/mol. The summed E-state index contributed by atoms with van der Waals surface area (Å²) in [6.45, 7) is 10.6. The summed E-state index contributed by atoms with van der Waals surface area (Å²) in [7, 11) is 0. The van der Waals surface area contributed by atoms with E-state index < -0.39 is 0 Å². The van der Waals surface area contributed by atoms with Crippen molar-refractivity contribution in [3.05, 3.63) is 12.2 Å². The molecule has 2 N–H and O–H groups in total. The molecule has 0 radical (unpaired) electrons. The summed E-state index contributed by atoms with van der Waals surface area (Å²) in [6, 6.07) is 0.453. The van der Waals surface area contributed by atoms with Crippen molar-refractivity contribution in [1.82, 2.24) is 14.8 Å². The van der Waals surface area contributed by atoms with Crippen LogP contribution in [0.4, 0.5) is 0 Å². The van der Waals surface area contributed by atoms with Crippen molar-refractivity contribution in [2.45, 2.75) is 53.1 Å². The fourth-order valence-corrected chi connectivity index (χ4v) is 1.35. The number of nitrogens with two attached hydrogens (primary N) is 1. The highest BCUT2D eigenvalue weighted by atomic mass is 15.3. The molecule has 86 valence electrons. The Morgan fingerprint density at radius 3 is 2.47 bits per heavy atom. The zero-order chi connectivity index (χ0) is 11.6. The van der Waals surface area contributed by atoms with E-state index >= 15 is 0 Å². The zero-order valence-corrected chi connectivity index (χ0v) is 10.4. The lowest BCUT2D eigenvalue weighted by molar-refractivity contribution is 0.309. The lowest BCUT2D eigenvalue weighted by Crippen LogP contribution is -2.37. The molecule has 0 aliphatic heterocycles. The third kappa shape index (κ3) is 3.02. The van der Waals surface area contributed by atoms with Gasteiger partial charge in [0.05, 0.1) is 0 Å². The molecule has 0 spiro atoms. The van der Waals surface area contributed by atoms with Crippen LogP contribution >= 0.6 is 0 Å². The van der Waals surface area contributed by atoms with Gasteiger partial charge in [-0.05, 0) is 19.3 Å². The van der Waals surface area contributed by atoms with Gasteiger partial charge in [-0.3, -0.25) is 0 Å². The molecule has 0 aliphatic carbocycles. The maximum absolute atomic E-state index is 6.13. The maximum Gasteiger partial charge on any atom is 0.138 e. The molecule has 0 saturated heterocycles. The smallest absolute Gasteiger partial charge is 0.138 e. The Morgan fingerprint density at radius 2 is 2.00 bits per heavy atom. The molecule has 0 aliphatic rings. The van der Waals surface area contributed by atoms with Crippen LogP contribution in [0.25, 0.3) is 0 Å². The van der Waals surface area contributed by atoms with E-state index in [0.717, 1.165) is 12.2 Å². The van der Waals surface area contributed by atoms with Gasteiger partial charge in [-0.15, -0.1) is 0 Å². The lowest BCUT2D eigenvalue weighted by atomic mass is 9.85. The van der Waals surface area contributed by atoms with E-state index in [-0.39, 0.29) is 11.5 Å². The third-order valence-corrected chi connectivity index (χ3v) is 2.65. The van der Waals surface area contributed by atoms with Crippen LogP contribution in [-0.2, 0) is 6.42 Å². The summed E-state index contributed by atoms with van der Waals surface area (Å²) in [4.78, 5) is 4.26. The molecule has 0 amide bonds. The predicted molar refractivity (Wildman–Crippen MR) is 61.5 cm³/mol. The highest BCUT2D eigenvalue weighted by Gasteiger charge is 2.23. The number of hydrogen-bond acceptors (Lipinski definition) is 3. The van der Waals surface area contributed by atoms with Crippen LogP contribution in [0.2, 0.25) is 0 Å². The Bertz CT molecular complexity index is 309. The summed E-state index contributed by atoms with van der Waals surface area (Å²) in [6.07, 6.45) is 2.38. The first-order valence-electron chi connectivity index (χ1n) is 5.46.